The fourth-order valence-electron chi connectivity index (χ4n) is 2.95. The van der Waals surface area contributed by atoms with Gasteiger partial charge in [0.15, 0.2) is 5.78 Å². The van der Waals surface area contributed by atoms with Gasteiger partial charge in [-0.3, -0.25) is 9.59 Å². The topological polar surface area (TPSA) is 75.6 Å². The SMILES string of the molecule is C/C=C\C=C/c1c(OCCC)ccc(/C=C(\C(C)=O)C(=O)NC)c1C.Cc1ccc([B]O)cc1. The Hall–Kier alpha value is -3.38. The molecule has 0 aromatic heterocycles. The summed E-state index contributed by atoms with van der Waals surface area (Å²) in [4.78, 5) is 23.7. The van der Waals surface area contributed by atoms with Crippen LogP contribution in [0.25, 0.3) is 12.2 Å². The first kappa shape index (κ1) is 28.7. The molecule has 0 saturated carbocycles. The van der Waals surface area contributed by atoms with E-state index in [4.69, 9.17) is 9.76 Å². The van der Waals surface area contributed by atoms with Gasteiger partial charge in [-0.1, -0.05) is 72.6 Å². The molecule has 34 heavy (non-hydrogen) atoms. The predicted molar refractivity (Wildman–Crippen MR) is 142 cm³/mol. The fourth-order valence-corrected chi connectivity index (χ4v) is 2.95. The van der Waals surface area contributed by atoms with E-state index in [1.54, 1.807) is 6.08 Å². The van der Waals surface area contributed by atoms with Gasteiger partial charge < -0.3 is 15.1 Å². The van der Waals surface area contributed by atoms with Crippen molar-refractivity contribution >= 4 is 36.8 Å². The van der Waals surface area contributed by atoms with Gasteiger partial charge in [0.2, 0.25) is 0 Å². The van der Waals surface area contributed by atoms with E-state index in [9.17, 15) is 9.59 Å². The Morgan fingerprint density at radius 1 is 1.09 bits per heavy atom. The molecule has 2 aromatic rings. The third kappa shape index (κ3) is 9.24. The first-order chi connectivity index (χ1) is 16.3. The highest BCUT2D eigenvalue weighted by atomic mass is 16.5. The summed E-state index contributed by atoms with van der Waals surface area (Å²) in [7, 11) is 2.61. The highest BCUT2D eigenvalue weighted by Crippen LogP contribution is 2.28. The van der Waals surface area contributed by atoms with Crippen LogP contribution in [-0.2, 0) is 9.59 Å². The van der Waals surface area contributed by atoms with E-state index >= 15 is 0 Å². The van der Waals surface area contributed by atoms with Crippen LogP contribution in [0, 0.1) is 13.8 Å². The summed E-state index contributed by atoms with van der Waals surface area (Å²) in [5, 5.41) is 11.0. The van der Waals surface area contributed by atoms with Gasteiger partial charge in [-0.2, -0.15) is 0 Å². The molecule has 5 nitrogen and oxygen atoms in total. The molecule has 1 radical (unpaired) electrons. The number of amides is 1. The number of Topliss-reactive ketones (excluding diaryl/α,β-unsaturated/α-hetero) is 1. The Morgan fingerprint density at radius 2 is 1.76 bits per heavy atom. The van der Waals surface area contributed by atoms with E-state index in [2.05, 4.69) is 12.2 Å². The number of likely N-dealkylation sites (N-methyl/N-ethyl adjacent to an activating group) is 1. The second-order valence-corrected chi connectivity index (χ2v) is 7.66. The standard InChI is InChI=1S/C21H27NO3.C7H8BO/c1-6-8-9-10-18-15(3)17(11-12-20(18)25-13-7-2)14-19(16(4)23)21(24)22-5;1-6-2-4-7(8-9)5-3-6/h6,8-12,14H,7,13H2,1-5H3,(H,22,24);2-5,9H,1H3/b8-6-,10-9-,19-14+;. The van der Waals surface area contributed by atoms with Crippen LogP contribution in [0.4, 0.5) is 0 Å². The third-order valence-corrected chi connectivity index (χ3v) is 4.92. The van der Waals surface area contributed by atoms with Crippen molar-refractivity contribution < 1.29 is 19.3 Å². The maximum Gasteiger partial charge on any atom is 0.326 e. The first-order valence-corrected chi connectivity index (χ1v) is 11.3. The molecular weight excluding hydrogens is 425 g/mol. The molecule has 0 spiro atoms. The monoisotopic (exact) mass is 460 g/mol. The van der Waals surface area contributed by atoms with E-state index < -0.39 is 0 Å². The van der Waals surface area contributed by atoms with Crippen LogP contribution < -0.4 is 15.5 Å². The van der Waals surface area contributed by atoms with Gasteiger partial charge in [-0.25, -0.2) is 0 Å². The Balaban J connectivity index is 0.000000533. The summed E-state index contributed by atoms with van der Waals surface area (Å²) in [6.45, 7) is 10.0. The molecule has 0 bridgehead atoms. The van der Waals surface area contributed by atoms with E-state index in [1.807, 2.05) is 81.5 Å². The van der Waals surface area contributed by atoms with Gasteiger partial charge in [0, 0.05) is 12.6 Å². The number of hydrogen-bond donors (Lipinski definition) is 2. The number of carbonyl (C=O) groups excluding carboxylic acids is 2. The van der Waals surface area contributed by atoms with E-state index in [0.717, 1.165) is 41.8 Å². The summed E-state index contributed by atoms with van der Waals surface area (Å²) >= 11 is 0. The lowest BCUT2D eigenvalue weighted by molar-refractivity contribution is -0.121. The van der Waals surface area contributed by atoms with E-state index in [-0.39, 0.29) is 17.3 Å². The van der Waals surface area contributed by atoms with E-state index in [0.29, 0.717) is 6.61 Å². The number of rotatable bonds is 9. The molecule has 2 rings (SSSR count). The van der Waals surface area contributed by atoms with Crippen molar-refractivity contribution in [1.82, 2.24) is 5.32 Å². The Labute approximate surface area is 204 Å². The van der Waals surface area contributed by atoms with Gasteiger partial charge in [0.25, 0.3) is 5.91 Å². The molecule has 179 valence electrons. The van der Waals surface area contributed by atoms with Crippen LogP contribution in [0.5, 0.6) is 5.75 Å². The van der Waals surface area contributed by atoms with Crippen molar-refractivity contribution in [1.29, 1.82) is 0 Å². The highest BCUT2D eigenvalue weighted by molar-refractivity contribution is 6.45. The Morgan fingerprint density at radius 3 is 2.29 bits per heavy atom. The first-order valence-electron chi connectivity index (χ1n) is 11.3. The minimum atomic E-state index is -0.385. The summed E-state index contributed by atoms with van der Waals surface area (Å²) in [6.07, 6.45) is 10.4. The molecule has 6 heteroatoms. The molecule has 0 fully saturated rings. The molecule has 0 unspecified atom stereocenters. The summed E-state index contributed by atoms with van der Waals surface area (Å²) in [6, 6.07) is 11.4. The van der Waals surface area contributed by atoms with Crippen LogP contribution in [0.1, 0.15) is 49.4 Å². The number of ketones is 1. The minimum absolute atomic E-state index is 0.135. The number of hydrogen-bond acceptors (Lipinski definition) is 4. The number of carbonyl (C=O) groups is 2. The lowest BCUT2D eigenvalue weighted by Gasteiger charge is -2.14. The number of aryl methyl sites for hydroxylation is 1. The average molecular weight is 460 g/mol. The fraction of sp³-hybridized carbons (Fsp3) is 0.286. The number of benzene rings is 2. The molecular formula is C28H35BNO4. The summed E-state index contributed by atoms with van der Waals surface area (Å²) in [5.74, 6) is 0.141. The van der Waals surface area contributed by atoms with Gasteiger partial charge >= 0.3 is 7.48 Å². The molecule has 2 N–H and O–H groups in total. The van der Waals surface area contributed by atoms with Crippen LogP contribution >= 0.6 is 0 Å². The quantitative estimate of drug-likeness (QED) is 0.192. The summed E-state index contributed by atoms with van der Waals surface area (Å²) in [5.41, 5.74) is 4.91. The Bertz CT molecular complexity index is 1040. The largest absolute Gasteiger partial charge is 0.493 e. The lowest BCUT2D eigenvalue weighted by atomic mass is 9.88. The number of nitrogens with one attached hydrogen (secondary N) is 1. The minimum Gasteiger partial charge on any atom is -0.493 e. The molecule has 0 aliphatic heterocycles. The van der Waals surface area contributed by atoms with Crippen molar-refractivity contribution in [2.45, 2.75) is 41.0 Å². The van der Waals surface area contributed by atoms with Crippen molar-refractivity contribution in [2.75, 3.05) is 13.7 Å². The number of allylic oxidation sites excluding steroid dienone is 3. The van der Waals surface area contributed by atoms with Crippen LogP contribution in [0.2, 0.25) is 0 Å². The van der Waals surface area contributed by atoms with Crippen molar-refractivity contribution in [3.8, 4) is 5.75 Å². The molecule has 0 aliphatic carbocycles. The summed E-state index contributed by atoms with van der Waals surface area (Å²) < 4.78 is 5.83. The van der Waals surface area contributed by atoms with Crippen LogP contribution in [0.3, 0.4) is 0 Å². The lowest BCUT2D eigenvalue weighted by Crippen LogP contribution is -2.23. The zero-order valence-electron chi connectivity index (χ0n) is 21.0. The van der Waals surface area contributed by atoms with Crippen LogP contribution in [0.15, 0.2) is 60.2 Å². The van der Waals surface area contributed by atoms with Gasteiger partial charge in [0.05, 0.1) is 12.2 Å². The Kier molecular flexibility index (Phi) is 13.0. The predicted octanol–water partition coefficient (Wildman–Crippen LogP) is 4.32. The van der Waals surface area contributed by atoms with Crippen molar-refractivity contribution in [3.05, 3.63) is 82.5 Å². The van der Waals surface area contributed by atoms with Crippen molar-refractivity contribution in [3.63, 3.8) is 0 Å². The molecule has 0 atom stereocenters. The highest BCUT2D eigenvalue weighted by Gasteiger charge is 2.15. The van der Waals surface area contributed by atoms with Crippen LogP contribution in [-0.4, -0.2) is 37.9 Å². The molecule has 1 amide bonds. The molecule has 2 aromatic carbocycles. The molecule has 0 heterocycles. The average Bonchev–Trinajstić information content (AvgIpc) is 2.83. The molecule has 0 saturated heterocycles. The van der Waals surface area contributed by atoms with Gasteiger partial charge in [-0.15, -0.1) is 0 Å². The second kappa shape index (κ2) is 15.5. The van der Waals surface area contributed by atoms with Gasteiger partial charge in [-0.05, 0) is 57.4 Å². The maximum absolute atomic E-state index is 11.9. The normalized spacial score (nSPS) is 11.2. The van der Waals surface area contributed by atoms with E-state index in [1.165, 1.54) is 19.5 Å². The third-order valence-electron chi connectivity index (χ3n) is 4.92. The second-order valence-electron chi connectivity index (χ2n) is 7.66. The van der Waals surface area contributed by atoms with Gasteiger partial charge in [0.1, 0.15) is 5.75 Å². The smallest absolute Gasteiger partial charge is 0.326 e. The van der Waals surface area contributed by atoms with Crippen molar-refractivity contribution in [2.24, 2.45) is 0 Å². The zero-order chi connectivity index (χ0) is 25.5. The zero-order valence-corrected chi connectivity index (χ0v) is 21.0. The number of ether oxygens (including phenoxy) is 1. The maximum atomic E-state index is 11.9. The molecule has 0 aliphatic rings.